The standard InChI is InChI=1S/C25H20ClNO4/c1-25(2)10-17-20(18(29)11-25)19(12-3-5-13(26)6-4-12)21-22(27-17)24(31)16-9-14(28)7-8-15(16)23(21)30/h3-9,19,27-28H,10-11H2,1-2H3. The molecule has 0 bridgehead atoms. The first-order valence-electron chi connectivity index (χ1n) is 10.1. The maximum atomic E-state index is 13.6. The van der Waals surface area contributed by atoms with Gasteiger partial charge < -0.3 is 10.4 Å². The van der Waals surface area contributed by atoms with Crippen molar-refractivity contribution in [1.29, 1.82) is 0 Å². The molecule has 0 aromatic heterocycles. The second kappa shape index (κ2) is 6.66. The Morgan fingerprint density at radius 3 is 2.35 bits per heavy atom. The number of carbonyl (C=O) groups is 3. The number of Topliss-reactive ketones (excluding diaryl/α,β-unsaturated/α-hetero) is 3. The van der Waals surface area contributed by atoms with Crippen LogP contribution in [0.1, 0.15) is 58.9 Å². The highest BCUT2D eigenvalue weighted by Crippen LogP contribution is 2.49. The van der Waals surface area contributed by atoms with Gasteiger partial charge in [-0.05, 0) is 47.7 Å². The number of nitrogens with one attached hydrogen (secondary N) is 1. The van der Waals surface area contributed by atoms with Gasteiger partial charge in [-0.2, -0.15) is 0 Å². The van der Waals surface area contributed by atoms with Crippen LogP contribution >= 0.6 is 11.6 Å². The van der Waals surface area contributed by atoms with E-state index in [0.717, 1.165) is 5.56 Å². The van der Waals surface area contributed by atoms with Gasteiger partial charge >= 0.3 is 0 Å². The SMILES string of the molecule is CC1(C)CC(=O)C2=C(C1)NC1=C(C(=O)c3ccc(O)cc3C1=O)C2c1ccc(Cl)cc1. The fourth-order valence-electron chi connectivity index (χ4n) is 4.90. The Labute approximate surface area is 184 Å². The topological polar surface area (TPSA) is 83.5 Å². The van der Waals surface area contributed by atoms with Crippen molar-refractivity contribution < 1.29 is 19.5 Å². The van der Waals surface area contributed by atoms with Crippen LogP contribution in [0, 0.1) is 5.41 Å². The highest BCUT2D eigenvalue weighted by molar-refractivity contribution is 6.30. The second-order valence-corrected chi connectivity index (χ2v) is 9.56. The number of hydrogen-bond acceptors (Lipinski definition) is 5. The molecule has 0 saturated heterocycles. The van der Waals surface area contributed by atoms with E-state index in [9.17, 15) is 19.5 Å². The van der Waals surface area contributed by atoms with Crippen LogP contribution in [0.15, 0.2) is 65.0 Å². The number of halogens is 1. The number of allylic oxidation sites excluding steroid dienone is 4. The fourth-order valence-corrected chi connectivity index (χ4v) is 5.02. The van der Waals surface area contributed by atoms with E-state index in [1.807, 2.05) is 13.8 Å². The molecule has 0 radical (unpaired) electrons. The number of dihydropyridines is 1. The van der Waals surface area contributed by atoms with E-state index in [0.29, 0.717) is 29.1 Å². The number of ketones is 3. The average molecular weight is 434 g/mol. The van der Waals surface area contributed by atoms with Gasteiger partial charge in [0.2, 0.25) is 5.78 Å². The van der Waals surface area contributed by atoms with E-state index in [1.165, 1.54) is 18.2 Å². The third-order valence-electron chi connectivity index (χ3n) is 6.21. The Bertz CT molecular complexity index is 1250. The molecule has 156 valence electrons. The van der Waals surface area contributed by atoms with Gasteiger partial charge in [0.15, 0.2) is 11.6 Å². The quantitative estimate of drug-likeness (QED) is 0.680. The number of rotatable bonds is 1. The average Bonchev–Trinajstić information content (AvgIpc) is 2.70. The molecule has 0 saturated carbocycles. The molecular weight excluding hydrogens is 414 g/mol. The number of carbonyl (C=O) groups excluding carboxylic acids is 3. The molecule has 0 fully saturated rings. The zero-order chi connectivity index (χ0) is 22.1. The van der Waals surface area contributed by atoms with Crippen molar-refractivity contribution in [2.75, 3.05) is 0 Å². The first-order valence-corrected chi connectivity index (χ1v) is 10.5. The van der Waals surface area contributed by atoms with Gasteiger partial charge in [0.25, 0.3) is 0 Å². The van der Waals surface area contributed by atoms with E-state index in [1.54, 1.807) is 24.3 Å². The lowest BCUT2D eigenvalue weighted by Crippen LogP contribution is -2.42. The highest BCUT2D eigenvalue weighted by atomic mass is 35.5. The Morgan fingerprint density at radius 2 is 1.65 bits per heavy atom. The molecular formula is C25H20ClNO4. The summed E-state index contributed by atoms with van der Waals surface area (Å²) in [5.74, 6) is -1.43. The van der Waals surface area contributed by atoms with Crippen molar-refractivity contribution in [3.63, 3.8) is 0 Å². The summed E-state index contributed by atoms with van der Waals surface area (Å²) in [5.41, 5.74) is 2.57. The summed E-state index contributed by atoms with van der Waals surface area (Å²) in [6.45, 7) is 4.03. The Hall–Kier alpha value is -3.18. The van der Waals surface area contributed by atoms with Crippen LogP contribution in [0.3, 0.4) is 0 Å². The molecule has 5 nitrogen and oxygen atoms in total. The molecule has 2 aromatic carbocycles. The second-order valence-electron chi connectivity index (χ2n) is 9.12. The zero-order valence-corrected chi connectivity index (χ0v) is 17.8. The number of phenols is 1. The molecule has 1 atom stereocenters. The Balaban J connectivity index is 1.76. The van der Waals surface area contributed by atoms with Crippen molar-refractivity contribution >= 4 is 29.0 Å². The van der Waals surface area contributed by atoms with Gasteiger partial charge in [-0.3, -0.25) is 14.4 Å². The number of phenolic OH excluding ortho intramolecular Hbond substituents is 1. The summed E-state index contributed by atoms with van der Waals surface area (Å²) in [6, 6.07) is 11.2. The zero-order valence-electron chi connectivity index (χ0n) is 17.1. The van der Waals surface area contributed by atoms with Gasteiger partial charge in [-0.1, -0.05) is 37.6 Å². The molecule has 1 unspecified atom stereocenters. The predicted molar refractivity (Wildman–Crippen MR) is 116 cm³/mol. The minimum absolute atomic E-state index is 0.0259. The number of benzene rings is 2. The van der Waals surface area contributed by atoms with Crippen molar-refractivity contribution in [3.8, 4) is 5.75 Å². The Morgan fingerprint density at radius 1 is 0.935 bits per heavy atom. The van der Waals surface area contributed by atoms with E-state index in [2.05, 4.69) is 5.32 Å². The summed E-state index contributed by atoms with van der Waals surface area (Å²) in [6.07, 6.45) is 0.954. The maximum absolute atomic E-state index is 13.6. The van der Waals surface area contributed by atoms with Crippen molar-refractivity contribution in [2.24, 2.45) is 5.41 Å². The van der Waals surface area contributed by atoms with Crippen molar-refractivity contribution in [2.45, 2.75) is 32.6 Å². The normalized spacial score (nSPS) is 22.0. The molecule has 1 aliphatic heterocycles. The molecule has 2 aromatic rings. The third kappa shape index (κ3) is 3.03. The van der Waals surface area contributed by atoms with E-state index < -0.39 is 5.92 Å². The van der Waals surface area contributed by atoms with Gasteiger partial charge in [0.1, 0.15) is 5.75 Å². The van der Waals surface area contributed by atoms with E-state index >= 15 is 0 Å². The lowest BCUT2D eigenvalue weighted by molar-refractivity contribution is -0.118. The molecule has 31 heavy (non-hydrogen) atoms. The Kier molecular flexibility index (Phi) is 4.25. The van der Waals surface area contributed by atoms with Crippen LogP contribution in [0.2, 0.25) is 5.02 Å². The molecule has 5 rings (SSSR count). The molecule has 0 amide bonds. The largest absolute Gasteiger partial charge is 0.508 e. The van der Waals surface area contributed by atoms with Gasteiger partial charge in [0.05, 0.1) is 5.70 Å². The van der Waals surface area contributed by atoms with Crippen LogP contribution in [0.25, 0.3) is 0 Å². The lowest BCUT2D eigenvalue weighted by Gasteiger charge is -2.41. The number of hydrogen-bond donors (Lipinski definition) is 2. The highest BCUT2D eigenvalue weighted by Gasteiger charge is 2.47. The van der Waals surface area contributed by atoms with Gasteiger partial charge in [-0.15, -0.1) is 0 Å². The summed E-state index contributed by atoms with van der Waals surface area (Å²) in [5, 5.41) is 13.6. The number of fused-ring (bicyclic) bond motifs is 1. The first kappa shape index (κ1) is 19.8. The summed E-state index contributed by atoms with van der Waals surface area (Å²) >= 11 is 6.08. The molecule has 1 heterocycles. The maximum Gasteiger partial charge on any atom is 0.210 e. The molecule has 2 aliphatic carbocycles. The van der Waals surface area contributed by atoms with Crippen LogP contribution in [-0.4, -0.2) is 22.5 Å². The summed E-state index contributed by atoms with van der Waals surface area (Å²) < 4.78 is 0. The number of aromatic hydroxyl groups is 1. The fraction of sp³-hybridized carbons (Fsp3) is 0.240. The monoisotopic (exact) mass is 433 g/mol. The molecule has 0 spiro atoms. The summed E-state index contributed by atoms with van der Waals surface area (Å²) in [7, 11) is 0. The van der Waals surface area contributed by atoms with Crippen LogP contribution < -0.4 is 5.32 Å². The van der Waals surface area contributed by atoms with E-state index in [-0.39, 0.29) is 50.9 Å². The summed E-state index contributed by atoms with van der Waals surface area (Å²) in [4.78, 5) is 40.2. The van der Waals surface area contributed by atoms with Crippen LogP contribution in [-0.2, 0) is 4.79 Å². The minimum atomic E-state index is -0.648. The van der Waals surface area contributed by atoms with Gasteiger partial charge in [-0.25, -0.2) is 0 Å². The predicted octanol–water partition coefficient (Wildman–Crippen LogP) is 4.71. The smallest absolute Gasteiger partial charge is 0.210 e. The molecule has 3 aliphatic rings. The third-order valence-corrected chi connectivity index (χ3v) is 6.46. The lowest BCUT2D eigenvalue weighted by atomic mass is 9.66. The molecule has 6 heteroatoms. The first-order chi connectivity index (χ1) is 14.7. The van der Waals surface area contributed by atoms with Crippen molar-refractivity contribution in [3.05, 3.63) is 86.7 Å². The molecule has 2 N–H and O–H groups in total. The van der Waals surface area contributed by atoms with Crippen LogP contribution in [0.4, 0.5) is 0 Å². The minimum Gasteiger partial charge on any atom is -0.508 e. The van der Waals surface area contributed by atoms with E-state index in [4.69, 9.17) is 11.6 Å². The van der Waals surface area contributed by atoms with Crippen LogP contribution in [0.5, 0.6) is 5.75 Å². The van der Waals surface area contributed by atoms with Gasteiger partial charge in [0, 0.05) is 45.3 Å². The van der Waals surface area contributed by atoms with Crippen molar-refractivity contribution in [1.82, 2.24) is 5.32 Å².